The van der Waals surface area contributed by atoms with Crippen LogP contribution in [0.5, 0.6) is 11.5 Å². The molecule has 1 saturated heterocycles. The van der Waals surface area contributed by atoms with E-state index in [1.165, 1.54) is 38.5 Å². The Morgan fingerprint density at radius 2 is 1.57 bits per heavy atom. The third kappa shape index (κ3) is 3.39. The highest BCUT2D eigenvalue weighted by atomic mass is 19.1. The Bertz CT molecular complexity index is 1010. The fourth-order valence-corrected chi connectivity index (χ4v) is 3.68. The maximum Gasteiger partial charge on any atom is 0.282 e. The number of methoxy groups -OCH3 is 2. The van der Waals surface area contributed by atoms with Gasteiger partial charge in [-0.15, -0.1) is 0 Å². The highest BCUT2D eigenvalue weighted by Crippen LogP contribution is 2.38. The summed E-state index contributed by atoms with van der Waals surface area (Å²) in [5.41, 5.74) is 1.43. The second-order valence-electron chi connectivity index (χ2n) is 6.81. The molecule has 156 valence electrons. The van der Waals surface area contributed by atoms with E-state index in [9.17, 15) is 14.0 Å². The standard InChI is InChI=1S/C22H21FN2O5/c1-28-17-8-3-14(13-18(17)29-2)19-20(24-9-11-30-12-10-24)22(27)25(21(19)26)16-6-4-15(23)5-7-16/h3-8,13H,9-12H2,1-2H3. The molecule has 0 atom stereocenters. The summed E-state index contributed by atoms with van der Waals surface area (Å²) in [4.78, 5) is 29.7. The Labute approximate surface area is 173 Å². The van der Waals surface area contributed by atoms with E-state index < -0.39 is 17.6 Å². The summed E-state index contributed by atoms with van der Waals surface area (Å²) in [6.07, 6.45) is 0. The highest BCUT2D eigenvalue weighted by molar-refractivity contribution is 6.45. The van der Waals surface area contributed by atoms with Crippen LogP contribution in [-0.2, 0) is 14.3 Å². The summed E-state index contributed by atoms with van der Waals surface area (Å²) in [5.74, 6) is -0.399. The van der Waals surface area contributed by atoms with E-state index in [0.717, 1.165) is 4.90 Å². The van der Waals surface area contributed by atoms with E-state index in [1.54, 1.807) is 18.2 Å². The molecule has 2 amide bonds. The van der Waals surface area contributed by atoms with Crippen LogP contribution in [0.15, 0.2) is 48.2 Å². The van der Waals surface area contributed by atoms with Crippen LogP contribution in [0.4, 0.5) is 10.1 Å². The largest absolute Gasteiger partial charge is 0.493 e. The number of nitrogens with zero attached hydrogens (tertiary/aromatic N) is 2. The fraction of sp³-hybridized carbons (Fsp3) is 0.273. The van der Waals surface area contributed by atoms with Gasteiger partial charge in [0, 0.05) is 13.1 Å². The molecule has 0 aliphatic carbocycles. The van der Waals surface area contributed by atoms with Gasteiger partial charge in [0.15, 0.2) is 11.5 Å². The molecule has 0 spiro atoms. The van der Waals surface area contributed by atoms with E-state index in [0.29, 0.717) is 54.8 Å². The van der Waals surface area contributed by atoms with Crippen molar-refractivity contribution in [3.8, 4) is 11.5 Å². The van der Waals surface area contributed by atoms with Crippen molar-refractivity contribution in [1.29, 1.82) is 0 Å². The lowest BCUT2D eigenvalue weighted by molar-refractivity contribution is -0.121. The lowest BCUT2D eigenvalue weighted by atomic mass is 10.0. The molecule has 2 aromatic carbocycles. The monoisotopic (exact) mass is 412 g/mol. The van der Waals surface area contributed by atoms with Crippen molar-refractivity contribution in [2.24, 2.45) is 0 Å². The summed E-state index contributed by atoms with van der Waals surface area (Å²) < 4.78 is 29.4. The molecule has 0 saturated carbocycles. The van der Waals surface area contributed by atoms with Gasteiger partial charge in [-0.3, -0.25) is 9.59 Å². The summed E-state index contributed by atoms with van der Waals surface area (Å²) in [5, 5.41) is 0. The zero-order chi connectivity index (χ0) is 21.3. The number of morpholine rings is 1. The quantitative estimate of drug-likeness (QED) is 0.703. The number of hydrogen-bond acceptors (Lipinski definition) is 6. The van der Waals surface area contributed by atoms with Crippen LogP contribution in [0.1, 0.15) is 5.56 Å². The molecule has 30 heavy (non-hydrogen) atoms. The number of halogens is 1. The number of hydrogen-bond donors (Lipinski definition) is 0. The van der Waals surface area contributed by atoms with Crippen molar-refractivity contribution in [3.05, 3.63) is 59.5 Å². The molecule has 2 aromatic rings. The topological polar surface area (TPSA) is 68.3 Å². The zero-order valence-corrected chi connectivity index (χ0v) is 16.7. The first-order valence-electron chi connectivity index (χ1n) is 9.49. The molecule has 0 bridgehead atoms. The van der Waals surface area contributed by atoms with E-state index in [-0.39, 0.29) is 5.57 Å². The average Bonchev–Trinajstić information content (AvgIpc) is 3.04. The SMILES string of the molecule is COc1ccc(C2=C(N3CCOCC3)C(=O)N(c3ccc(F)cc3)C2=O)cc1OC. The Hall–Kier alpha value is -3.39. The number of ether oxygens (including phenoxy) is 3. The minimum Gasteiger partial charge on any atom is -0.493 e. The maximum absolute atomic E-state index is 13.4. The van der Waals surface area contributed by atoms with Gasteiger partial charge in [0.2, 0.25) is 0 Å². The zero-order valence-electron chi connectivity index (χ0n) is 16.7. The van der Waals surface area contributed by atoms with Crippen molar-refractivity contribution in [1.82, 2.24) is 4.90 Å². The number of benzene rings is 2. The van der Waals surface area contributed by atoms with Crippen LogP contribution in [0, 0.1) is 5.82 Å². The predicted octanol–water partition coefficient (Wildman–Crippen LogP) is 2.46. The molecule has 2 aliphatic rings. The van der Waals surface area contributed by atoms with E-state index in [1.807, 2.05) is 4.90 Å². The number of amides is 2. The first-order chi connectivity index (χ1) is 14.5. The van der Waals surface area contributed by atoms with Gasteiger partial charge in [-0.1, -0.05) is 6.07 Å². The van der Waals surface area contributed by atoms with Crippen LogP contribution in [0.25, 0.3) is 5.57 Å². The highest BCUT2D eigenvalue weighted by Gasteiger charge is 2.43. The molecule has 2 aliphatic heterocycles. The van der Waals surface area contributed by atoms with E-state index in [2.05, 4.69) is 0 Å². The van der Waals surface area contributed by atoms with Crippen molar-refractivity contribution in [2.45, 2.75) is 0 Å². The lowest BCUT2D eigenvalue weighted by Gasteiger charge is -2.29. The number of rotatable bonds is 5. The Balaban J connectivity index is 1.84. The van der Waals surface area contributed by atoms with E-state index >= 15 is 0 Å². The molecule has 8 heteroatoms. The molecular weight excluding hydrogens is 391 g/mol. The van der Waals surface area contributed by atoms with Gasteiger partial charge in [-0.2, -0.15) is 0 Å². The van der Waals surface area contributed by atoms with Gasteiger partial charge in [-0.05, 0) is 42.0 Å². The number of anilines is 1. The van der Waals surface area contributed by atoms with Gasteiger partial charge in [0.05, 0.1) is 38.7 Å². The van der Waals surface area contributed by atoms with Crippen LogP contribution in [0.3, 0.4) is 0 Å². The van der Waals surface area contributed by atoms with Crippen LogP contribution in [-0.4, -0.2) is 57.2 Å². The smallest absolute Gasteiger partial charge is 0.282 e. The molecule has 1 fully saturated rings. The number of carbonyl (C=O) groups excluding carboxylic acids is 2. The minimum absolute atomic E-state index is 0.271. The average molecular weight is 412 g/mol. The molecule has 7 nitrogen and oxygen atoms in total. The van der Waals surface area contributed by atoms with Crippen LogP contribution in [0.2, 0.25) is 0 Å². The maximum atomic E-state index is 13.4. The van der Waals surface area contributed by atoms with Crippen LogP contribution >= 0.6 is 0 Å². The Morgan fingerprint density at radius 3 is 2.20 bits per heavy atom. The van der Waals surface area contributed by atoms with Crippen molar-refractivity contribution >= 4 is 23.1 Å². The van der Waals surface area contributed by atoms with E-state index in [4.69, 9.17) is 14.2 Å². The minimum atomic E-state index is -0.472. The molecule has 2 heterocycles. The Morgan fingerprint density at radius 1 is 0.900 bits per heavy atom. The summed E-state index contributed by atoms with van der Waals surface area (Å²) in [6.45, 7) is 1.90. The summed E-state index contributed by atoms with van der Waals surface area (Å²) in [7, 11) is 3.03. The van der Waals surface area contributed by atoms with Crippen LogP contribution < -0.4 is 14.4 Å². The van der Waals surface area contributed by atoms with Gasteiger partial charge in [0.1, 0.15) is 11.5 Å². The Kier molecular flexibility index (Phi) is 5.41. The van der Waals surface area contributed by atoms with Crippen molar-refractivity contribution in [3.63, 3.8) is 0 Å². The molecule has 0 radical (unpaired) electrons. The molecule has 0 unspecified atom stereocenters. The normalized spacial score (nSPS) is 17.0. The summed E-state index contributed by atoms with van der Waals surface area (Å²) >= 11 is 0. The third-order valence-corrected chi connectivity index (χ3v) is 5.14. The first kappa shape index (κ1) is 19.9. The second-order valence-corrected chi connectivity index (χ2v) is 6.81. The lowest BCUT2D eigenvalue weighted by Crippen LogP contribution is -2.40. The van der Waals surface area contributed by atoms with Crippen molar-refractivity contribution in [2.75, 3.05) is 45.4 Å². The van der Waals surface area contributed by atoms with Gasteiger partial charge >= 0.3 is 0 Å². The molecule has 0 aromatic heterocycles. The number of carbonyl (C=O) groups is 2. The molecule has 4 rings (SSSR count). The molecule has 0 N–H and O–H groups in total. The predicted molar refractivity (Wildman–Crippen MR) is 108 cm³/mol. The van der Waals surface area contributed by atoms with Gasteiger partial charge < -0.3 is 19.1 Å². The molecular formula is C22H21FN2O5. The van der Waals surface area contributed by atoms with Gasteiger partial charge in [-0.25, -0.2) is 9.29 Å². The first-order valence-corrected chi connectivity index (χ1v) is 9.49. The second kappa shape index (κ2) is 8.16. The number of imide groups is 1. The van der Waals surface area contributed by atoms with Gasteiger partial charge in [0.25, 0.3) is 11.8 Å². The summed E-state index contributed by atoms with van der Waals surface area (Å²) in [6, 6.07) is 10.4. The fourth-order valence-electron chi connectivity index (χ4n) is 3.68. The third-order valence-electron chi connectivity index (χ3n) is 5.14. The van der Waals surface area contributed by atoms with Crippen molar-refractivity contribution < 1.29 is 28.2 Å².